The first kappa shape index (κ1) is 17.8. The number of amides is 2. The third-order valence-electron chi connectivity index (χ3n) is 4.68. The normalized spacial score (nSPS) is 14.3. The van der Waals surface area contributed by atoms with Gasteiger partial charge in [0.15, 0.2) is 0 Å². The first-order chi connectivity index (χ1) is 12.4. The maximum Gasteiger partial charge on any atom is 0.272 e. The fourth-order valence-corrected chi connectivity index (χ4v) is 2.90. The number of anilines is 2. The topological polar surface area (TPSA) is 78.4 Å². The average molecular weight is 353 g/mol. The highest BCUT2D eigenvalue weighted by Crippen LogP contribution is 2.19. The molecule has 2 heterocycles. The maximum atomic E-state index is 12.7. The number of carbonyl (C=O) groups excluding carboxylic acids is 2. The van der Waals surface area contributed by atoms with Crippen LogP contribution >= 0.6 is 0 Å². The van der Waals surface area contributed by atoms with Gasteiger partial charge in [0.2, 0.25) is 5.91 Å². The quantitative estimate of drug-likeness (QED) is 0.915. The predicted molar refractivity (Wildman–Crippen MR) is 99.4 cm³/mol. The molecule has 0 spiro atoms. The highest BCUT2D eigenvalue weighted by molar-refractivity contribution is 5.93. The van der Waals surface area contributed by atoms with Crippen LogP contribution in [0.3, 0.4) is 0 Å². The Morgan fingerprint density at radius 3 is 2.31 bits per heavy atom. The van der Waals surface area contributed by atoms with E-state index in [1.807, 2.05) is 18.2 Å². The van der Waals surface area contributed by atoms with Crippen molar-refractivity contribution in [1.82, 2.24) is 19.8 Å². The molecule has 1 aliphatic heterocycles. The Morgan fingerprint density at radius 2 is 1.65 bits per heavy atom. The van der Waals surface area contributed by atoms with Gasteiger partial charge in [-0.2, -0.15) is 0 Å². The van der Waals surface area contributed by atoms with Crippen molar-refractivity contribution in [2.45, 2.75) is 20.8 Å². The summed E-state index contributed by atoms with van der Waals surface area (Å²) in [4.78, 5) is 35.9. The molecule has 7 nitrogen and oxygen atoms in total. The molecule has 0 radical (unpaired) electrons. The van der Waals surface area contributed by atoms with E-state index in [9.17, 15) is 9.59 Å². The van der Waals surface area contributed by atoms with E-state index in [0.29, 0.717) is 37.7 Å². The Morgan fingerprint density at radius 1 is 0.962 bits per heavy atom. The van der Waals surface area contributed by atoms with Crippen molar-refractivity contribution in [3.05, 3.63) is 47.4 Å². The van der Waals surface area contributed by atoms with Gasteiger partial charge in [0.25, 0.3) is 5.91 Å². The summed E-state index contributed by atoms with van der Waals surface area (Å²) in [6.07, 6.45) is 1.39. The van der Waals surface area contributed by atoms with Crippen LogP contribution in [0.5, 0.6) is 0 Å². The summed E-state index contributed by atoms with van der Waals surface area (Å²) in [5.41, 5.74) is 3.67. The van der Waals surface area contributed by atoms with Crippen LogP contribution in [0.2, 0.25) is 0 Å². The second kappa shape index (κ2) is 7.51. The molecule has 1 aliphatic rings. The zero-order chi connectivity index (χ0) is 18.7. The molecule has 1 aromatic heterocycles. The predicted octanol–water partition coefficient (Wildman–Crippen LogP) is 2.14. The lowest BCUT2D eigenvalue weighted by Gasteiger charge is -2.34. The van der Waals surface area contributed by atoms with E-state index in [4.69, 9.17) is 0 Å². The first-order valence-corrected chi connectivity index (χ1v) is 8.65. The zero-order valence-corrected chi connectivity index (χ0v) is 15.3. The van der Waals surface area contributed by atoms with E-state index >= 15 is 0 Å². The van der Waals surface area contributed by atoms with Gasteiger partial charge >= 0.3 is 0 Å². The number of benzene rings is 1. The molecule has 1 saturated heterocycles. The summed E-state index contributed by atoms with van der Waals surface area (Å²) in [5, 5.41) is 3.22. The van der Waals surface area contributed by atoms with E-state index in [0.717, 1.165) is 5.69 Å². The van der Waals surface area contributed by atoms with E-state index in [1.165, 1.54) is 17.5 Å². The number of carbonyl (C=O) groups is 2. The van der Waals surface area contributed by atoms with Crippen LogP contribution < -0.4 is 5.32 Å². The molecule has 1 aromatic carbocycles. The Hall–Kier alpha value is -2.96. The van der Waals surface area contributed by atoms with E-state index in [-0.39, 0.29) is 11.8 Å². The number of rotatable bonds is 3. The number of aromatic nitrogens is 2. The Labute approximate surface area is 153 Å². The van der Waals surface area contributed by atoms with Crippen LogP contribution in [0.15, 0.2) is 30.6 Å². The molecular weight excluding hydrogens is 330 g/mol. The fraction of sp³-hybridized carbons (Fsp3) is 0.368. The van der Waals surface area contributed by atoms with Crippen LogP contribution in [0.1, 0.15) is 28.5 Å². The van der Waals surface area contributed by atoms with Crippen LogP contribution in [-0.4, -0.2) is 57.8 Å². The van der Waals surface area contributed by atoms with E-state index in [1.54, 1.807) is 22.8 Å². The number of nitrogens with zero attached hydrogens (tertiary/aromatic N) is 4. The molecule has 1 N–H and O–H groups in total. The molecule has 0 atom stereocenters. The molecule has 2 amide bonds. The second-order valence-electron chi connectivity index (χ2n) is 6.51. The van der Waals surface area contributed by atoms with Gasteiger partial charge in [-0.25, -0.2) is 9.97 Å². The molecule has 0 aliphatic carbocycles. The zero-order valence-electron chi connectivity index (χ0n) is 15.3. The van der Waals surface area contributed by atoms with Crippen molar-refractivity contribution >= 4 is 23.3 Å². The Bertz CT molecular complexity index is 828. The monoisotopic (exact) mass is 353 g/mol. The summed E-state index contributed by atoms with van der Waals surface area (Å²) in [6, 6.07) is 7.72. The summed E-state index contributed by atoms with van der Waals surface area (Å²) in [6.45, 7) is 7.81. The minimum absolute atomic E-state index is 0.0408. The van der Waals surface area contributed by atoms with Crippen molar-refractivity contribution in [3.8, 4) is 0 Å². The van der Waals surface area contributed by atoms with Crippen molar-refractivity contribution in [2.24, 2.45) is 0 Å². The molecule has 0 saturated carbocycles. The number of piperazine rings is 1. The lowest BCUT2D eigenvalue weighted by molar-refractivity contribution is -0.130. The van der Waals surface area contributed by atoms with Crippen LogP contribution in [-0.2, 0) is 4.79 Å². The third kappa shape index (κ3) is 3.99. The second-order valence-corrected chi connectivity index (χ2v) is 6.51. The van der Waals surface area contributed by atoms with Gasteiger partial charge in [0.1, 0.15) is 17.8 Å². The van der Waals surface area contributed by atoms with E-state index < -0.39 is 0 Å². The summed E-state index contributed by atoms with van der Waals surface area (Å²) >= 11 is 0. The van der Waals surface area contributed by atoms with Gasteiger partial charge in [-0.3, -0.25) is 9.59 Å². The fourth-order valence-electron chi connectivity index (χ4n) is 2.90. The minimum atomic E-state index is -0.140. The lowest BCUT2D eigenvalue weighted by atomic mass is 10.1. The molecule has 0 unspecified atom stereocenters. The standard InChI is InChI=1S/C19H23N5O2/c1-13-4-5-16(10-14(13)2)22-18-11-17(20-12-21-18)19(26)24-8-6-23(7-9-24)15(3)25/h4-5,10-12H,6-9H2,1-3H3,(H,20,21,22). The molecule has 2 aromatic rings. The summed E-state index contributed by atoms with van der Waals surface area (Å²) in [5.74, 6) is 0.478. The molecule has 26 heavy (non-hydrogen) atoms. The Balaban J connectivity index is 1.69. The van der Waals surface area contributed by atoms with Crippen LogP contribution in [0, 0.1) is 13.8 Å². The summed E-state index contributed by atoms with van der Waals surface area (Å²) in [7, 11) is 0. The third-order valence-corrected chi connectivity index (χ3v) is 4.68. The van der Waals surface area contributed by atoms with Crippen molar-refractivity contribution in [1.29, 1.82) is 0 Å². The molecule has 136 valence electrons. The van der Waals surface area contributed by atoms with Gasteiger partial charge < -0.3 is 15.1 Å². The first-order valence-electron chi connectivity index (χ1n) is 8.65. The number of nitrogens with one attached hydrogen (secondary N) is 1. The Kier molecular flexibility index (Phi) is 5.16. The van der Waals surface area contributed by atoms with Crippen molar-refractivity contribution in [3.63, 3.8) is 0 Å². The SMILES string of the molecule is CC(=O)N1CCN(C(=O)c2cc(Nc3ccc(C)c(C)c3)ncn2)CC1. The van der Waals surface area contributed by atoms with Gasteiger partial charge in [-0.1, -0.05) is 6.07 Å². The minimum Gasteiger partial charge on any atom is -0.340 e. The van der Waals surface area contributed by atoms with E-state index in [2.05, 4.69) is 29.1 Å². The van der Waals surface area contributed by atoms with Gasteiger partial charge in [-0.15, -0.1) is 0 Å². The number of hydrogen-bond acceptors (Lipinski definition) is 5. The average Bonchev–Trinajstić information content (AvgIpc) is 2.64. The van der Waals surface area contributed by atoms with Gasteiger partial charge in [-0.05, 0) is 37.1 Å². The highest BCUT2D eigenvalue weighted by atomic mass is 16.2. The molecule has 7 heteroatoms. The van der Waals surface area contributed by atoms with Crippen molar-refractivity contribution < 1.29 is 9.59 Å². The maximum absolute atomic E-state index is 12.7. The largest absolute Gasteiger partial charge is 0.340 e. The molecule has 0 bridgehead atoms. The van der Waals surface area contributed by atoms with Crippen molar-refractivity contribution in [2.75, 3.05) is 31.5 Å². The molecule has 3 rings (SSSR count). The number of hydrogen-bond donors (Lipinski definition) is 1. The van der Waals surface area contributed by atoms with Crippen LogP contribution in [0.4, 0.5) is 11.5 Å². The smallest absolute Gasteiger partial charge is 0.272 e. The van der Waals surface area contributed by atoms with Crippen LogP contribution in [0.25, 0.3) is 0 Å². The van der Waals surface area contributed by atoms with Gasteiger partial charge in [0.05, 0.1) is 0 Å². The lowest BCUT2D eigenvalue weighted by Crippen LogP contribution is -2.50. The van der Waals surface area contributed by atoms with Gasteiger partial charge in [0, 0.05) is 44.9 Å². The highest BCUT2D eigenvalue weighted by Gasteiger charge is 2.24. The molecule has 1 fully saturated rings. The summed E-state index contributed by atoms with van der Waals surface area (Å²) < 4.78 is 0. The number of aryl methyl sites for hydroxylation is 2. The molecular formula is C19H23N5O2.